The summed E-state index contributed by atoms with van der Waals surface area (Å²) in [5.41, 5.74) is -0.549. The third-order valence-corrected chi connectivity index (χ3v) is 5.17. The molecule has 1 unspecified atom stereocenters. The van der Waals surface area contributed by atoms with Crippen LogP contribution in [0.5, 0.6) is 0 Å². The highest BCUT2D eigenvalue weighted by Gasteiger charge is 2.46. The van der Waals surface area contributed by atoms with Crippen molar-refractivity contribution in [1.29, 1.82) is 0 Å². The summed E-state index contributed by atoms with van der Waals surface area (Å²) in [6.07, 6.45) is 1.41. The molecule has 0 aromatic carbocycles. The Hall–Kier alpha value is 0.0600. The van der Waals surface area contributed by atoms with Crippen LogP contribution in [-0.2, 0) is 13.8 Å². The van der Waals surface area contributed by atoms with E-state index in [1.54, 1.807) is 0 Å². The van der Waals surface area contributed by atoms with E-state index in [9.17, 15) is 17.2 Å². The second-order valence-corrected chi connectivity index (χ2v) is 8.27. The van der Waals surface area contributed by atoms with Crippen molar-refractivity contribution >= 4 is 19.7 Å². The van der Waals surface area contributed by atoms with Crippen LogP contribution in [0.4, 0.5) is 8.78 Å². The molecule has 2 fully saturated rings. The third-order valence-electron chi connectivity index (χ3n) is 3.92. The van der Waals surface area contributed by atoms with Crippen LogP contribution in [0.25, 0.3) is 0 Å². The summed E-state index contributed by atoms with van der Waals surface area (Å²) in [4.78, 5) is 0. The number of ether oxygens (including phenoxy) is 1. The second kappa shape index (κ2) is 4.87. The molecule has 1 heterocycles. The van der Waals surface area contributed by atoms with E-state index in [0.717, 1.165) is 0 Å². The molecule has 0 aromatic rings. The Kier molecular flexibility index (Phi) is 3.91. The van der Waals surface area contributed by atoms with Gasteiger partial charge in [-0.1, -0.05) is 0 Å². The molecule has 2 aliphatic rings. The Bertz CT molecular complexity index is 401. The zero-order valence-electron chi connectivity index (χ0n) is 10.0. The molecule has 1 saturated carbocycles. The molecule has 0 amide bonds. The predicted molar refractivity (Wildman–Crippen MR) is 64.5 cm³/mol. The highest BCUT2D eigenvalue weighted by molar-refractivity contribution is 8.13. The van der Waals surface area contributed by atoms with Gasteiger partial charge < -0.3 is 4.74 Å². The smallest absolute Gasteiger partial charge is 0.248 e. The summed E-state index contributed by atoms with van der Waals surface area (Å²) in [6.45, 7) is 0.433. The number of hydrogen-bond acceptors (Lipinski definition) is 3. The van der Waals surface area contributed by atoms with E-state index in [-0.39, 0.29) is 24.5 Å². The SMILES string of the molecule is O=S(=O)(Cl)CC1CCOC2(CCC(F)(F)CC2)C1. The molecule has 0 bridgehead atoms. The molecule has 3 nitrogen and oxygen atoms in total. The average molecular weight is 303 g/mol. The highest BCUT2D eigenvalue weighted by atomic mass is 35.7. The first-order valence-electron chi connectivity index (χ1n) is 6.14. The normalized spacial score (nSPS) is 31.4. The van der Waals surface area contributed by atoms with E-state index in [2.05, 4.69) is 0 Å². The zero-order chi connectivity index (χ0) is 13.4. The van der Waals surface area contributed by atoms with Crippen molar-refractivity contribution in [3.8, 4) is 0 Å². The largest absolute Gasteiger partial charge is 0.375 e. The molecular weight excluding hydrogens is 286 g/mol. The van der Waals surface area contributed by atoms with Crippen molar-refractivity contribution in [2.45, 2.75) is 50.0 Å². The van der Waals surface area contributed by atoms with Crippen LogP contribution >= 0.6 is 10.7 Å². The Labute approximate surface area is 110 Å². The Balaban J connectivity index is 1.98. The monoisotopic (exact) mass is 302 g/mol. The van der Waals surface area contributed by atoms with E-state index in [4.69, 9.17) is 15.4 Å². The van der Waals surface area contributed by atoms with Crippen LogP contribution < -0.4 is 0 Å². The van der Waals surface area contributed by atoms with E-state index in [1.165, 1.54) is 0 Å². The number of halogens is 3. The molecule has 0 N–H and O–H groups in total. The van der Waals surface area contributed by atoms with Gasteiger partial charge in [0.2, 0.25) is 15.0 Å². The molecule has 1 spiro atoms. The summed E-state index contributed by atoms with van der Waals surface area (Å²) in [6, 6.07) is 0. The minimum Gasteiger partial charge on any atom is -0.375 e. The topological polar surface area (TPSA) is 43.4 Å². The van der Waals surface area contributed by atoms with Gasteiger partial charge in [-0.05, 0) is 31.6 Å². The van der Waals surface area contributed by atoms with Gasteiger partial charge in [0.05, 0.1) is 11.4 Å². The van der Waals surface area contributed by atoms with Gasteiger partial charge in [0.25, 0.3) is 0 Å². The minimum atomic E-state index is -3.53. The first kappa shape index (κ1) is 14.5. The lowest BCUT2D eigenvalue weighted by atomic mass is 9.75. The Morgan fingerprint density at radius 3 is 2.39 bits per heavy atom. The lowest BCUT2D eigenvalue weighted by Gasteiger charge is -2.45. The van der Waals surface area contributed by atoms with Crippen LogP contribution in [-0.4, -0.2) is 32.3 Å². The van der Waals surface area contributed by atoms with Crippen molar-refractivity contribution < 1.29 is 21.9 Å². The van der Waals surface area contributed by atoms with Gasteiger partial charge >= 0.3 is 0 Å². The molecule has 0 radical (unpaired) electrons. The molecule has 7 heteroatoms. The van der Waals surface area contributed by atoms with Gasteiger partial charge in [-0.2, -0.15) is 0 Å². The molecular formula is C11H17ClF2O3S. The number of alkyl halides is 2. The molecule has 106 valence electrons. The standard InChI is InChI=1S/C11H17ClF2O3S/c12-18(15,16)8-9-1-6-17-10(7-9)2-4-11(13,14)5-3-10/h9H,1-8H2. The maximum atomic E-state index is 13.1. The molecule has 1 saturated heterocycles. The van der Waals surface area contributed by atoms with Crippen LogP contribution in [0.2, 0.25) is 0 Å². The Morgan fingerprint density at radius 2 is 1.83 bits per heavy atom. The van der Waals surface area contributed by atoms with Gasteiger partial charge in [-0.15, -0.1) is 0 Å². The summed E-state index contributed by atoms with van der Waals surface area (Å²) >= 11 is 0. The minimum absolute atomic E-state index is 0.0760. The van der Waals surface area contributed by atoms with E-state index < -0.39 is 20.6 Å². The van der Waals surface area contributed by atoms with Gasteiger partial charge in [0.15, 0.2) is 0 Å². The van der Waals surface area contributed by atoms with Gasteiger partial charge in [-0.3, -0.25) is 0 Å². The van der Waals surface area contributed by atoms with Crippen molar-refractivity contribution in [3.63, 3.8) is 0 Å². The summed E-state index contributed by atoms with van der Waals surface area (Å²) in [7, 11) is 1.72. The summed E-state index contributed by atoms with van der Waals surface area (Å²) in [5.74, 6) is -2.76. The van der Waals surface area contributed by atoms with Crippen LogP contribution in [0, 0.1) is 5.92 Å². The fourth-order valence-electron chi connectivity index (χ4n) is 2.97. The van der Waals surface area contributed by atoms with Crippen LogP contribution in [0.15, 0.2) is 0 Å². The maximum Gasteiger partial charge on any atom is 0.248 e. The fourth-order valence-corrected chi connectivity index (χ4v) is 4.35. The lowest BCUT2D eigenvalue weighted by Crippen LogP contribution is -2.46. The van der Waals surface area contributed by atoms with Crippen molar-refractivity contribution in [2.75, 3.05) is 12.4 Å². The number of rotatable bonds is 2. The summed E-state index contributed by atoms with van der Waals surface area (Å²) in [5, 5.41) is 0. The van der Waals surface area contributed by atoms with E-state index in [1.807, 2.05) is 0 Å². The molecule has 1 aliphatic heterocycles. The molecule has 2 rings (SSSR count). The third kappa shape index (κ3) is 3.78. The predicted octanol–water partition coefficient (Wildman–Crippen LogP) is 2.93. The second-order valence-electron chi connectivity index (χ2n) is 5.45. The van der Waals surface area contributed by atoms with Crippen molar-refractivity contribution in [2.24, 2.45) is 5.92 Å². The first-order valence-corrected chi connectivity index (χ1v) is 8.62. The summed E-state index contributed by atoms with van der Waals surface area (Å²) < 4.78 is 54.1. The average Bonchev–Trinajstić information content (AvgIpc) is 2.21. The fraction of sp³-hybridized carbons (Fsp3) is 1.00. The highest BCUT2D eigenvalue weighted by Crippen LogP contribution is 2.45. The van der Waals surface area contributed by atoms with Gasteiger partial charge in [0.1, 0.15) is 0 Å². The van der Waals surface area contributed by atoms with E-state index >= 15 is 0 Å². The van der Waals surface area contributed by atoms with Gasteiger partial charge in [-0.25, -0.2) is 17.2 Å². The van der Waals surface area contributed by atoms with Crippen molar-refractivity contribution in [1.82, 2.24) is 0 Å². The Morgan fingerprint density at radius 1 is 1.22 bits per heavy atom. The molecule has 18 heavy (non-hydrogen) atoms. The zero-order valence-corrected chi connectivity index (χ0v) is 11.6. The van der Waals surface area contributed by atoms with E-state index in [0.29, 0.717) is 32.3 Å². The number of hydrogen-bond donors (Lipinski definition) is 0. The maximum absolute atomic E-state index is 13.1. The molecule has 1 aliphatic carbocycles. The van der Waals surface area contributed by atoms with Crippen molar-refractivity contribution in [3.05, 3.63) is 0 Å². The quantitative estimate of drug-likeness (QED) is 0.737. The molecule has 0 aromatic heterocycles. The van der Waals surface area contributed by atoms with Crippen LogP contribution in [0.3, 0.4) is 0 Å². The lowest BCUT2D eigenvalue weighted by molar-refractivity contribution is -0.158. The molecule has 1 atom stereocenters. The van der Waals surface area contributed by atoms with Gasteiger partial charge in [0, 0.05) is 30.1 Å². The van der Waals surface area contributed by atoms with Crippen LogP contribution in [0.1, 0.15) is 38.5 Å². The first-order chi connectivity index (χ1) is 8.20.